The quantitative estimate of drug-likeness (QED) is 0.877. The zero-order chi connectivity index (χ0) is 14.8. The number of rotatable bonds is 5. The molecule has 0 aromatic carbocycles. The Kier molecular flexibility index (Phi) is 5.23. The standard InChI is InChI=1S/C14H24N2O2S2/c1-10-3-5-12(6-4-10)9-16-20(17,18)14-7-13(8-15)19-11(14)2/h7,10,12,16H,3-6,8-9,15H2,1-2H3. The van der Waals surface area contributed by atoms with Gasteiger partial charge in [-0.3, -0.25) is 0 Å². The van der Waals surface area contributed by atoms with Gasteiger partial charge in [0.05, 0.1) is 4.90 Å². The Balaban J connectivity index is 1.98. The summed E-state index contributed by atoms with van der Waals surface area (Å²) in [6, 6.07) is 1.70. The predicted octanol–water partition coefficient (Wildman–Crippen LogP) is 2.62. The lowest BCUT2D eigenvalue weighted by atomic mass is 9.83. The molecule has 114 valence electrons. The van der Waals surface area contributed by atoms with E-state index < -0.39 is 10.0 Å². The van der Waals surface area contributed by atoms with Crippen LogP contribution in [0.1, 0.15) is 42.4 Å². The highest BCUT2D eigenvalue weighted by atomic mass is 32.2. The van der Waals surface area contributed by atoms with Gasteiger partial charge in [-0.15, -0.1) is 11.3 Å². The van der Waals surface area contributed by atoms with Crippen molar-refractivity contribution < 1.29 is 8.42 Å². The normalized spacial score (nSPS) is 23.9. The molecule has 0 unspecified atom stereocenters. The van der Waals surface area contributed by atoms with E-state index in [0.717, 1.165) is 28.5 Å². The van der Waals surface area contributed by atoms with E-state index in [9.17, 15) is 8.42 Å². The van der Waals surface area contributed by atoms with Crippen LogP contribution in [0.2, 0.25) is 0 Å². The molecule has 0 saturated heterocycles. The van der Waals surface area contributed by atoms with E-state index in [1.165, 1.54) is 24.2 Å². The Morgan fingerprint density at radius 3 is 2.55 bits per heavy atom. The van der Waals surface area contributed by atoms with Crippen LogP contribution in [0.25, 0.3) is 0 Å². The summed E-state index contributed by atoms with van der Waals surface area (Å²) in [4.78, 5) is 2.12. The van der Waals surface area contributed by atoms with Gasteiger partial charge in [0.1, 0.15) is 0 Å². The van der Waals surface area contributed by atoms with Crippen LogP contribution in [-0.2, 0) is 16.6 Å². The van der Waals surface area contributed by atoms with E-state index in [4.69, 9.17) is 5.73 Å². The summed E-state index contributed by atoms with van der Waals surface area (Å²) in [5.41, 5.74) is 5.57. The van der Waals surface area contributed by atoms with Crippen molar-refractivity contribution in [1.29, 1.82) is 0 Å². The van der Waals surface area contributed by atoms with E-state index in [2.05, 4.69) is 11.6 Å². The summed E-state index contributed by atoms with van der Waals surface area (Å²) >= 11 is 1.46. The van der Waals surface area contributed by atoms with E-state index in [1.807, 2.05) is 6.92 Å². The van der Waals surface area contributed by atoms with Crippen molar-refractivity contribution in [1.82, 2.24) is 4.72 Å². The lowest BCUT2D eigenvalue weighted by molar-refractivity contribution is 0.290. The van der Waals surface area contributed by atoms with E-state index >= 15 is 0 Å². The smallest absolute Gasteiger partial charge is 0.241 e. The summed E-state index contributed by atoms with van der Waals surface area (Å²) in [7, 11) is -3.39. The third kappa shape index (κ3) is 3.81. The molecule has 6 heteroatoms. The van der Waals surface area contributed by atoms with Crippen molar-refractivity contribution >= 4 is 21.4 Å². The van der Waals surface area contributed by atoms with Crippen LogP contribution in [0.4, 0.5) is 0 Å². The number of aryl methyl sites for hydroxylation is 1. The number of hydrogen-bond donors (Lipinski definition) is 2. The van der Waals surface area contributed by atoms with Crippen molar-refractivity contribution in [3.63, 3.8) is 0 Å². The molecule has 0 radical (unpaired) electrons. The van der Waals surface area contributed by atoms with Gasteiger partial charge < -0.3 is 5.73 Å². The highest BCUT2D eigenvalue weighted by Crippen LogP contribution is 2.29. The maximum atomic E-state index is 12.3. The van der Waals surface area contributed by atoms with Gasteiger partial charge in [0.15, 0.2) is 0 Å². The fourth-order valence-corrected chi connectivity index (χ4v) is 5.36. The first kappa shape index (κ1) is 15.9. The second kappa shape index (κ2) is 6.56. The van der Waals surface area contributed by atoms with Crippen molar-refractivity contribution in [2.24, 2.45) is 17.6 Å². The van der Waals surface area contributed by atoms with E-state index in [0.29, 0.717) is 23.9 Å². The maximum absolute atomic E-state index is 12.3. The largest absolute Gasteiger partial charge is 0.326 e. The zero-order valence-corrected chi connectivity index (χ0v) is 13.8. The molecule has 3 N–H and O–H groups in total. The predicted molar refractivity (Wildman–Crippen MR) is 83.3 cm³/mol. The van der Waals surface area contributed by atoms with Crippen molar-refractivity contribution in [3.8, 4) is 0 Å². The highest BCUT2D eigenvalue weighted by Gasteiger charge is 2.23. The molecule has 0 atom stereocenters. The summed E-state index contributed by atoms with van der Waals surface area (Å²) in [5, 5.41) is 0. The van der Waals surface area contributed by atoms with E-state index in [-0.39, 0.29) is 0 Å². The molecule has 4 nitrogen and oxygen atoms in total. The molecule has 20 heavy (non-hydrogen) atoms. The van der Waals surface area contributed by atoms with Gasteiger partial charge in [-0.05, 0) is 37.7 Å². The second-order valence-corrected chi connectivity index (χ2v) is 8.89. The maximum Gasteiger partial charge on any atom is 0.241 e. The van der Waals surface area contributed by atoms with Crippen molar-refractivity contribution in [2.75, 3.05) is 6.54 Å². The van der Waals surface area contributed by atoms with Crippen LogP contribution >= 0.6 is 11.3 Å². The minimum Gasteiger partial charge on any atom is -0.326 e. The van der Waals surface area contributed by atoms with Gasteiger partial charge in [0.25, 0.3) is 0 Å². The molecule has 0 aliphatic heterocycles. The Morgan fingerprint density at radius 1 is 1.35 bits per heavy atom. The first-order valence-electron chi connectivity index (χ1n) is 7.21. The number of sulfonamides is 1. The van der Waals surface area contributed by atoms with Crippen molar-refractivity contribution in [3.05, 3.63) is 15.8 Å². The summed E-state index contributed by atoms with van der Waals surface area (Å²) in [6.07, 6.45) is 4.67. The minimum atomic E-state index is -3.39. The number of nitrogens with two attached hydrogens (primary N) is 1. The van der Waals surface area contributed by atoms with Crippen LogP contribution in [0.5, 0.6) is 0 Å². The topological polar surface area (TPSA) is 72.2 Å². The Labute approximate surface area is 125 Å². The Hall–Kier alpha value is -0.430. The minimum absolute atomic E-state index is 0.390. The SMILES string of the molecule is Cc1sc(CN)cc1S(=O)(=O)NCC1CCC(C)CC1. The third-order valence-electron chi connectivity index (χ3n) is 4.11. The molecule has 1 saturated carbocycles. The number of thiophene rings is 1. The third-order valence-corrected chi connectivity index (χ3v) is 6.86. The van der Waals surface area contributed by atoms with Gasteiger partial charge >= 0.3 is 0 Å². The van der Waals surface area contributed by atoms with Crippen LogP contribution in [0.15, 0.2) is 11.0 Å². The second-order valence-electron chi connectivity index (χ2n) is 5.82. The molecule has 1 aromatic rings. The number of hydrogen-bond acceptors (Lipinski definition) is 4. The molecule has 0 bridgehead atoms. The van der Waals surface area contributed by atoms with Gasteiger partial charge in [-0.2, -0.15) is 0 Å². The molecule has 1 heterocycles. The Bertz CT molecular complexity index is 544. The van der Waals surface area contributed by atoms with Crippen LogP contribution in [-0.4, -0.2) is 15.0 Å². The fourth-order valence-electron chi connectivity index (χ4n) is 2.73. The molecule has 0 amide bonds. The molecule has 0 spiro atoms. The summed E-state index contributed by atoms with van der Waals surface area (Å²) < 4.78 is 27.5. The first-order chi connectivity index (χ1) is 9.42. The average Bonchev–Trinajstić information content (AvgIpc) is 2.80. The lowest BCUT2D eigenvalue weighted by Gasteiger charge is -2.26. The lowest BCUT2D eigenvalue weighted by Crippen LogP contribution is -2.31. The molecular weight excluding hydrogens is 292 g/mol. The zero-order valence-electron chi connectivity index (χ0n) is 12.2. The number of nitrogens with one attached hydrogen (secondary N) is 1. The van der Waals surface area contributed by atoms with Gasteiger partial charge in [0.2, 0.25) is 10.0 Å². The van der Waals surface area contributed by atoms with Gasteiger partial charge in [-0.1, -0.05) is 19.8 Å². The monoisotopic (exact) mass is 316 g/mol. The van der Waals surface area contributed by atoms with Crippen LogP contribution < -0.4 is 10.5 Å². The summed E-state index contributed by atoms with van der Waals surface area (Å²) in [5.74, 6) is 1.27. The highest BCUT2D eigenvalue weighted by molar-refractivity contribution is 7.89. The first-order valence-corrected chi connectivity index (χ1v) is 9.51. The van der Waals surface area contributed by atoms with Crippen LogP contribution in [0, 0.1) is 18.8 Å². The average molecular weight is 316 g/mol. The Morgan fingerprint density at radius 2 is 2.00 bits per heavy atom. The summed E-state index contributed by atoms with van der Waals surface area (Å²) in [6.45, 7) is 5.05. The molecule has 1 aliphatic rings. The molecule has 1 aromatic heterocycles. The molecule has 1 fully saturated rings. The van der Waals surface area contributed by atoms with Crippen LogP contribution in [0.3, 0.4) is 0 Å². The molecule has 1 aliphatic carbocycles. The van der Waals surface area contributed by atoms with Gasteiger partial charge in [-0.25, -0.2) is 13.1 Å². The van der Waals surface area contributed by atoms with Crippen molar-refractivity contribution in [2.45, 2.75) is 51.0 Å². The van der Waals surface area contributed by atoms with Gasteiger partial charge in [0, 0.05) is 22.8 Å². The fraction of sp³-hybridized carbons (Fsp3) is 0.714. The molecular formula is C14H24N2O2S2. The molecule has 2 rings (SSSR count). The van der Waals surface area contributed by atoms with E-state index in [1.54, 1.807) is 6.07 Å².